The van der Waals surface area contributed by atoms with E-state index >= 15 is 0 Å². The van der Waals surface area contributed by atoms with Crippen LogP contribution < -0.4 is 4.74 Å². The van der Waals surface area contributed by atoms with E-state index in [0.29, 0.717) is 0 Å². The summed E-state index contributed by atoms with van der Waals surface area (Å²) in [6.45, 7) is 3.45. The van der Waals surface area contributed by atoms with Crippen LogP contribution in [0.3, 0.4) is 0 Å². The maximum Gasteiger partial charge on any atom is 0.409 e. The van der Waals surface area contributed by atoms with Crippen LogP contribution in [-0.4, -0.2) is 137 Å². The van der Waals surface area contributed by atoms with Gasteiger partial charge in [-0.1, -0.05) is 12.1 Å². The predicted molar refractivity (Wildman–Crippen MR) is 177 cm³/mol. The SMILES string of the molecule is COCCOC(=O)N1CCN(C2C[C@H](O[C@H]3C[C@](O)(C(C)=O)Cc4c(O)c5c(c(O)c43)C(=O)c3c(OC)cccc3C5=O)O[C@H](C)C2O)C(C#N)C1. The summed E-state index contributed by atoms with van der Waals surface area (Å²) < 4.78 is 27.9. The molecule has 1 amide bonds. The van der Waals surface area contributed by atoms with Gasteiger partial charge >= 0.3 is 6.09 Å². The fraction of sp³-hybridized carbons (Fsp3) is 0.528. The standard InChI is InChI=1S/C36H41N3O13/c1-17-30(41)22(39-9-8-38(16-19(39)15-37)35(46)50-11-10-48-3)12-25(51-17)52-24-14-36(47,18(2)40)13-21-27(24)34(45)29-28(32(21)43)31(42)20-6-5-7-23(49-4)26(20)33(29)44/h5-7,17,19,22,24-25,30,41,43,45,47H,8-14,16H2,1-4H3/t17-,19?,22?,24+,25+,30?,36+/m1/s1. The van der Waals surface area contributed by atoms with E-state index in [-0.39, 0.29) is 67.3 Å². The van der Waals surface area contributed by atoms with Crippen LogP contribution in [0.2, 0.25) is 0 Å². The third-order valence-corrected chi connectivity index (χ3v) is 10.5. The Bertz CT molecular complexity index is 1840. The molecule has 0 bridgehead atoms. The predicted octanol–water partition coefficient (Wildman–Crippen LogP) is 1.36. The number of aromatic hydroxyl groups is 2. The highest BCUT2D eigenvalue weighted by Crippen LogP contribution is 2.52. The lowest BCUT2D eigenvalue weighted by atomic mass is 9.72. The molecule has 2 saturated heterocycles. The molecule has 2 aromatic rings. The number of methoxy groups -OCH3 is 2. The fourth-order valence-electron chi connectivity index (χ4n) is 7.71. The summed E-state index contributed by atoms with van der Waals surface area (Å²) >= 11 is 0. The first-order chi connectivity index (χ1) is 24.8. The number of aliphatic hydroxyl groups excluding tert-OH is 1. The van der Waals surface area contributed by atoms with Gasteiger partial charge in [-0.25, -0.2) is 4.79 Å². The number of nitrogens with zero attached hydrogens (tertiary/aromatic N) is 3. The molecule has 278 valence electrons. The van der Waals surface area contributed by atoms with Crippen molar-refractivity contribution in [3.05, 3.63) is 51.6 Å². The summed E-state index contributed by atoms with van der Waals surface area (Å²) in [7, 11) is 2.80. The average molecular weight is 724 g/mol. The minimum Gasteiger partial charge on any atom is -0.507 e. The number of benzene rings is 2. The van der Waals surface area contributed by atoms with Gasteiger partial charge in [0.25, 0.3) is 0 Å². The smallest absolute Gasteiger partial charge is 0.409 e. The summed E-state index contributed by atoms with van der Waals surface area (Å²) in [6.07, 6.45) is -5.95. The number of carbonyl (C=O) groups is 4. The molecule has 4 N–H and O–H groups in total. The maximum atomic E-state index is 13.9. The molecule has 2 fully saturated rings. The van der Waals surface area contributed by atoms with Crippen molar-refractivity contribution in [1.29, 1.82) is 5.26 Å². The third kappa shape index (κ3) is 6.27. The second-order valence-electron chi connectivity index (χ2n) is 13.5. The number of fused-ring (bicyclic) bond motifs is 3. The summed E-state index contributed by atoms with van der Waals surface area (Å²) in [5.74, 6) is -3.45. The molecule has 16 nitrogen and oxygen atoms in total. The third-order valence-electron chi connectivity index (χ3n) is 10.5. The molecule has 2 aliphatic heterocycles. The number of phenols is 2. The van der Waals surface area contributed by atoms with Crippen molar-refractivity contribution in [1.82, 2.24) is 9.80 Å². The molecule has 0 aromatic heterocycles. The minimum atomic E-state index is -2.10. The fourth-order valence-corrected chi connectivity index (χ4v) is 7.71. The Labute approximate surface area is 299 Å². The molecule has 2 heterocycles. The van der Waals surface area contributed by atoms with Crippen LogP contribution in [0.15, 0.2) is 18.2 Å². The molecular weight excluding hydrogens is 682 g/mol. The Kier molecular flexibility index (Phi) is 10.3. The van der Waals surface area contributed by atoms with Crippen LogP contribution in [0, 0.1) is 11.3 Å². The van der Waals surface area contributed by atoms with Gasteiger partial charge in [-0.05, 0) is 19.9 Å². The lowest BCUT2D eigenvalue weighted by molar-refractivity contribution is -0.260. The molecule has 16 heteroatoms. The Morgan fingerprint density at radius 2 is 1.81 bits per heavy atom. The van der Waals surface area contributed by atoms with E-state index in [1.54, 1.807) is 11.8 Å². The lowest BCUT2D eigenvalue weighted by Crippen LogP contribution is -2.63. The monoisotopic (exact) mass is 723 g/mol. The number of nitriles is 1. The van der Waals surface area contributed by atoms with Gasteiger partial charge in [0.05, 0.1) is 61.3 Å². The molecule has 4 aliphatic rings. The van der Waals surface area contributed by atoms with Crippen LogP contribution in [0.5, 0.6) is 17.2 Å². The van der Waals surface area contributed by atoms with E-state index in [1.165, 1.54) is 37.3 Å². The van der Waals surface area contributed by atoms with E-state index in [2.05, 4.69) is 6.07 Å². The van der Waals surface area contributed by atoms with Gasteiger partial charge in [-0.2, -0.15) is 5.26 Å². The first kappa shape index (κ1) is 37.1. The van der Waals surface area contributed by atoms with Crippen LogP contribution in [0.25, 0.3) is 0 Å². The van der Waals surface area contributed by atoms with Gasteiger partial charge in [0.2, 0.25) is 5.78 Å². The van der Waals surface area contributed by atoms with Crippen molar-refractivity contribution in [3.63, 3.8) is 0 Å². The molecule has 6 rings (SSSR count). The quantitative estimate of drug-likeness (QED) is 0.190. The number of rotatable bonds is 8. The number of ether oxygens (including phenoxy) is 5. The second-order valence-corrected chi connectivity index (χ2v) is 13.5. The average Bonchev–Trinajstić information content (AvgIpc) is 3.12. The highest BCUT2D eigenvalue weighted by molar-refractivity contribution is 6.31. The van der Waals surface area contributed by atoms with Crippen LogP contribution in [0.4, 0.5) is 4.79 Å². The number of piperazine rings is 1. The highest BCUT2D eigenvalue weighted by atomic mass is 16.7. The number of hydrogen-bond donors (Lipinski definition) is 4. The molecule has 0 spiro atoms. The van der Waals surface area contributed by atoms with Crippen LogP contribution >= 0.6 is 0 Å². The van der Waals surface area contributed by atoms with Crippen molar-refractivity contribution in [2.24, 2.45) is 0 Å². The highest BCUT2D eigenvalue weighted by Gasteiger charge is 2.50. The van der Waals surface area contributed by atoms with Gasteiger partial charge in [0.15, 0.2) is 17.9 Å². The van der Waals surface area contributed by atoms with E-state index in [4.69, 9.17) is 23.7 Å². The first-order valence-electron chi connectivity index (χ1n) is 16.9. The zero-order valence-electron chi connectivity index (χ0n) is 29.2. The minimum absolute atomic E-state index is 0.00681. The molecular formula is C36H41N3O13. The largest absolute Gasteiger partial charge is 0.507 e. The number of Topliss-reactive ketones (excluding diaryl/α,β-unsaturated/α-hetero) is 1. The van der Waals surface area contributed by atoms with Crippen molar-refractivity contribution < 1.29 is 63.3 Å². The summed E-state index contributed by atoms with van der Waals surface area (Å²) in [4.78, 5) is 56.3. The Morgan fingerprint density at radius 1 is 1.08 bits per heavy atom. The Hall–Kier alpha value is -4.63. The van der Waals surface area contributed by atoms with E-state index in [0.717, 1.165) is 6.92 Å². The van der Waals surface area contributed by atoms with Crippen molar-refractivity contribution in [2.45, 2.75) is 75.4 Å². The maximum absolute atomic E-state index is 13.9. The topological polar surface area (TPSA) is 226 Å². The van der Waals surface area contributed by atoms with Crippen LogP contribution in [-0.2, 0) is 30.2 Å². The summed E-state index contributed by atoms with van der Waals surface area (Å²) in [6, 6.07) is 5.04. The number of amides is 1. The van der Waals surface area contributed by atoms with Gasteiger partial charge in [-0.15, -0.1) is 0 Å². The normalized spacial score (nSPS) is 28.7. The number of ketones is 3. The van der Waals surface area contributed by atoms with Gasteiger partial charge in [-0.3, -0.25) is 19.3 Å². The van der Waals surface area contributed by atoms with Crippen molar-refractivity contribution in [2.75, 3.05) is 47.1 Å². The van der Waals surface area contributed by atoms with Crippen LogP contribution in [0.1, 0.15) is 75.8 Å². The van der Waals surface area contributed by atoms with E-state index in [1.807, 2.05) is 0 Å². The molecule has 0 saturated carbocycles. The zero-order valence-corrected chi connectivity index (χ0v) is 29.2. The Morgan fingerprint density at radius 3 is 2.48 bits per heavy atom. The summed E-state index contributed by atoms with van der Waals surface area (Å²) in [5.41, 5.74) is -3.43. The molecule has 0 radical (unpaired) electrons. The van der Waals surface area contributed by atoms with Gasteiger partial charge in [0, 0.05) is 62.2 Å². The number of hydrogen-bond acceptors (Lipinski definition) is 15. The molecule has 7 atom stereocenters. The number of phenolic OH excluding ortho intramolecular Hbond substituents is 2. The molecule has 2 aromatic carbocycles. The number of aliphatic hydroxyl groups is 2. The Balaban J connectivity index is 1.33. The molecule has 2 aliphatic carbocycles. The molecule has 52 heavy (non-hydrogen) atoms. The number of carbonyl (C=O) groups excluding carboxylic acids is 4. The van der Waals surface area contributed by atoms with E-state index in [9.17, 15) is 44.9 Å². The van der Waals surface area contributed by atoms with Crippen molar-refractivity contribution in [3.8, 4) is 23.3 Å². The first-order valence-corrected chi connectivity index (χ1v) is 16.9. The lowest BCUT2D eigenvalue weighted by Gasteiger charge is -2.48. The summed E-state index contributed by atoms with van der Waals surface area (Å²) in [5, 5.41) is 56.3. The second kappa shape index (κ2) is 14.4. The van der Waals surface area contributed by atoms with E-state index < -0.39 is 101 Å². The van der Waals surface area contributed by atoms with Crippen molar-refractivity contribution >= 4 is 23.4 Å². The van der Waals surface area contributed by atoms with Gasteiger partial charge in [0.1, 0.15) is 35.5 Å². The zero-order chi connectivity index (χ0) is 37.6. The van der Waals surface area contributed by atoms with Gasteiger partial charge < -0.3 is 49.0 Å². The molecule has 3 unspecified atom stereocenters.